The zero-order chi connectivity index (χ0) is 22.7. The summed E-state index contributed by atoms with van der Waals surface area (Å²) in [6, 6.07) is 13.6. The maximum Gasteiger partial charge on any atom is 0.295 e. The molecular weight excluding hydrogens is 412 g/mol. The van der Waals surface area contributed by atoms with E-state index in [0.29, 0.717) is 29.0 Å². The molecule has 8 nitrogen and oxygen atoms in total. The molecule has 1 aliphatic heterocycles. The molecule has 1 heterocycles. The second-order valence-electron chi connectivity index (χ2n) is 8.59. The maximum absolute atomic E-state index is 13.4. The zero-order valence-electron chi connectivity index (χ0n) is 18.4. The Labute approximate surface area is 187 Å². The van der Waals surface area contributed by atoms with Crippen molar-refractivity contribution in [2.45, 2.75) is 37.8 Å². The maximum atomic E-state index is 13.4. The molecule has 2 aromatic rings. The van der Waals surface area contributed by atoms with Gasteiger partial charge in [0.15, 0.2) is 22.9 Å². The van der Waals surface area contributed by atoms with Gasteiger partial charge in [-0.05, 0) is 61.5 Å². The van der Waals surface area contributed by atoms with E-state index in [9.17, 15) is 14.9 Å². The summed E-state index contributed by atoms with van der Waals surface area (Å²) in [5.41, 5.74) is 0.876. The molecule has 0 N–H and O–H groups in total. The first kappa shape index (κ1) is 22.1. The largest absolute Gasteiger partial charge is 0.493 e. The Morgan fingerprint density at radius 3 is 2.38 bits per heavy atom. The van der Waals surface area contributed by atoms with Gasteiger partial charge in [-0.25, -0.2) is 0 Å². The van der Waals surface area contributed by atoms with Gasteiger partial charge in [-0.1, -0.05) is 30.3 Å². The number of carbonyl (C=O) groups excluding carboxylic acids is 1. The number of hydrogen-bond donors (Lipinski definition) is 0. The summed E-state index contributed by atoms with van der Waals surface area (Å²) in [6.45, 7) is 2.65. The van der Waals surface area contributed by atoms with Crippen LogP contribution in [0.2, 0.25) is 0 Å². The number of rotatable bonds is 8. The van der Waals surface area contributed by atoms with Crippen LogP contribution in [0.1, 0.15) is 40.7 Å². The lowest BCUT2D eigenvalue weighted by Gasteiger charge is -2.35. The minimum absolute atomic E-state index is 0.159. The number of likely N-dealkylation sites (tertiary alicyclic amines) is 1. The fourth-order valence-corrected chi connectivity index (χ4v) is 4.99. The number of ketones is 1. The van der Waals surface area contributed by atoms with E-state index >= 15 is 0 Å². The summed E-state index contributed by atoms with van der Waals surface area (Å²) < 4.78 is 10.7. The first-order chi connectivity index (χ1) is 15.4. The fourth-order valence-electron chi connectivity index (χ4n) is 4.99. The van der Waals surface area contributed by atoms with Gasteiger partial charge in [0, 0.05) is 18.5 Å². The SMILES string of the molecule is COc1cc2c(cc1OC)C(=O)C(CC1CCN(Cc3ccccc3)CC1)(O[N+](=O)[O-])C2. The number of methoxy groups -OCH3 is 2. The third-order valence-corrected chi connectivity index (χ3v) is 6.57. The molecule has 0 bridgehead atoms. The first-order valence-corrected chi connectivity index (χ1v) is 10.8. The standard InChI is InChI=1S/C24H28N2O6/c1-30-21-12-19-15-24(32-26(28)29,23(27)20(19)13-22(21)31-2)14-17-8-10-25(11-9-17)16-18-6-4-3-5-7-18/h3-7,12-13,17H,8-11,14-16H2,1-2H3. The summed E-state index contributed by atoms with van der Waals surface area (Å²) in [5.74, 6) is 0.733. The van der Waals surface area contributed by atoms with Crippen molar-refractivity contribution < 1.29 is 24.2 Å². The van der Waals surface area contributed by atoms with E-state index in [-0.39, 0.29) is 18.1 Å². The van der Waals surface area contributed by atoms with Crippen LogP contribution in [0.25, 0.3) is 0 Å². The van der Waals surface area contributed by atoms with E-state index in [0.717, 1.165) is 32.5 Å². The lowest BCUT2D eigenvalue weighted by atomic mass is 9.82. The van der Waals surface area contributed by atoms with Gasteiger partial charge in [0.05, 0.1) is 14.2 Å². The predicted molar refractivity (Wildman–Crippen MR) is 117 cm³/mol. The molecule has 170 valence electrons. The van der Waals surface area contributed by atoms with Crippen LogP contribution in [0, 0.1) is 16.0 Å². The smallest absolute Gasteiger partial charge is 0.295 e. The predicted octanol–water partition coefficient (Wildman–Crippen LogP) is 3.69. The zero-order valence-corrected chi connectivity index (χ0v) is 18.4. The molecule has 1 atom stereocenters. The highest BCUT2D eigenvalue weighted by atomic mass is 17.0. The van der Waals surface area contributed by atoms with Crippen molar-refractivity contribution in [3.05, 3.63) is 69.3 Å². The molecule has 4 rings (SSSR count). The van der Waals surface area contributed by atoms with Crippen LogP contribution in [-0.2, 0) is 17.8 Å². The number of Topliss-reactive ketones (excluding diaryl/α,β-unsaturated/α-hetero) is 1. The minimum atomic E-state index is -1.49. The van der Waals surface area contributed by atoms with Gasteiger partial charge in [-0.3, -0.25) is 14.5 Å². The molecule has 0 spiro atoms. The third-order valence-electron chi connectivity index (χ3n) is 6.57. The van der Waals surface area contributed by atoms with Crippen molar-refractivity contribution in [3.63, 3.8) is 0 Å². The van der Waals surface area contributed by atoms with Crippen LogP contribution in [0.15, 0.2) is 42.5 Å². The van der Waals surface area contributed by atoms with Crippen LogP contribution in [0.5, 0.6) is 11.5 Å². The molecule has 0 radical (unpaired) electrons. The van der Waals surface area contributed by atoms with E-state index in [4.69, 9.17) is 14.3 Å². The third kappa shape index (κ3) is 4.41. The molecule has 1 unspecified atom stereocenters. The Balaban J connectivity index is 1.48. The number of ether oxygens (including phenoxy) is 2. The molecule has 32 heavy (non-hydrogen) atoms. The average Bonchev–Trinajstić information content (AvgIpc) is 3.04. The van der Waals surface area contributed by atoms with E-state index in [1.165, 1.54) is 19.8 Å². The van der Waals surface area contributed by atoms with Crippen LogP contribution in [0.3, 0.4) is 0 Å². The van der Waals surface area contributed by atoms with E-state index in [1.54, 1.807) is 12.1 Å². The number of nitrogens with zero attached hydrogens (tertiary/aromatic N) is 2. The second-order valence-corrected chi connectivity index (χ2v) is 8.59. The van der Waals surface area contributed by atoms with Crippen LogP contribution >= 0.6 is 0 Å². The molecule has 0 saturated carbocycles. The van der Waals surface area contributed by atoms with Gasteiger partial charge in [0.1, 0.15) is 0 Å². The fraction of sp³-hybridized carbons (Fsp3) is 0.458. The quantitative estimate of drug-likeness (QED) is 0.457. The first-order valence-electron chi connectivity index (χ1n) is 10.8. The van der Waals surface area contributed by atoms with Crippen molar-refractivity contribution in [1.29, 1.82) is 0 Å². The van der Waals surface area contributed by atoms with Gasteiger partial charge in [-0.2, -0.15) is 0 Å². The summed E-state index contributed by atoms with van der Waals surface area (Å²) in [5, 5.41) is 10.5. The molecule has 0 amide bonds. The van der Waals surface area contributed by atoms with Crippen LogP contribution in [0.4, 0.5) is 0 Å². The average molecular weight is 440 g/mol. The molecule has 1 saturated heterocycles. The number of hydrogen-bond acceptors (Lipinski definition) is 7. The van der Waals surface area contributed by atoms with Crippen LogP contribution < -0.4 is 9.47 Å². The summed E-state index contributed by atoms with van der Waals surface area (Å²) in [4.78, 5) is 32.3. The molecule has 2 aromatic carbocycles. The molecular formula is C24H28N2O6. The Bertz CT molecular complexity index is 987. The van der Waals surface area contributed by atoms with E-state index in [1.807, 2.05) is 18.2 Å². The molecule has 8 heteroatoms. The Kier molecular flexibility index (Phi) is 6.32. The number of piperidine rings is 1. The van der Waals surface area contributed by atoms with E-state index < -0.39 is 10.7 Å². The van der Waals surface area contributed by atoms with Gasteiger partial charge in [0.25, 0.3) is 5.09 Å². The molecule has 1 fully saturated rings. The highest BCUT2D eigenvalue weighted by molar-refractivity contribution is 6.07. The minimum Gasteiger partial charge on any atom is -0.493 e. The number of fused-ring (bicyclic) bond motifs is 1. The lowest BCUT2D eigenvalue weighted by molar-refractivity contribution is -0.776. The van der Waals surface area contributed by atoms with Gasteiger partial charge in [-0.15, -0.1) is 10.1 Å². The van der Waals surface area contributed by atoms with E-state index in [2.05, 4.69) is 17.0 Å². The van der Waals surface area contributed by atoms with Crippen molar-refractivity contribution >= 4 is 5.78 Å². The Hall–Kier alpha value is -3.13. The van der Waals surface area contributed by atoms with Gasteiger partial charge >= 0.3 is 0 Å². The molecule has 1 aliphatic carbocycles. The summed E-state index contributed by atoms with van der Waals surface area (Å²) in [7, 11) is 3.01. The lowest BCUT2D eigenvalue weighted by Crippen LogP contribution is -2.45. The highest BCUT2D eigenvalue weighted by Crippen LogP contribution is 2.43. The number of carbonyl (C=O) groups is 1. The Morgan fingerprint density at radius 1 is 1.09 bits per heavy atom. The second kappa shape index (κ2) is 9.16. The van der Waals surface area contributed by atoms with Crippen molar-refractivity contribution in [1.82, 2.24) is 4.90 Å². The topological polar surface area (TPSA) is 91.1 Å². The normalized spacial score (nSPS) is 21.2. The van der Waals surface area contributed by atoms with Crippen LogP contribution in [-0.4, -0.2) is 48.7 Å². The van der Waals surface area contributed by atoms with Crippen molar-refractivity contribution in [3.8, 4) is 11.5 Å². The van der Waals surface area contributed by atoms with Crippen molar-refractivity contribution in [2.75, 3.05) is 27.3 Å². The summed E-state index contributed by atoms with van der Waals surface area (Å²) >= 11 is 0. The monoisotopic (exact) mass is 440 g/mol. The molecule has 2 aliphatic rings. The van der Waals surface area contributed by atoms with Gasteiger partial charge < -0.3 is 9.47 Å². The molecule has 0 aromatic heterocycles. The van der Waals surface area contributed by atoms with Crippen molar-refractivity contribution in [2.24, 2.45) is 5.92 Å². The highest BCUT2D eigenvalue weighted by Gasteiger charge is 2.51. The summed E-state index contributed by atoms with van der Waals surface area (Å²) in [6.07, 6.45) is 2.22. The van der Waals surface area contributed by atoms with Gasteiger partial charge in [0.2, 0.25) is 0 Å². The Morgan fingerprint density at radius 2 is 1.75 bits per heavy atom. The number of benzene rings is 2.